The number of rotatable bonds is 2. The summed E-state index contributed by atoms with van der Waals surface area (Å²) >= 11 is 0. The molecule has 0 radical (unpaired) electrons. The van der Waals surface area contributed by atoms with Crippen molar-refractivity contribution in [2.75, 3.05) is 46.3 Å². The van der Waals surface area contributed by atoms with E-state index in [1.54, 1.807) is 0 Å². The molecular formula is C14H24ClN5O. The molecule has 118 valence electrons. The first kappa shape index (κ1) is 16.3. The zero-order valence-corrected chi connectivity index (χ0v) is 13.3. The normalized spacial score (nSPS) is 23.7. The minimum Gasteiger partial charge on any atom is -0.335 e. The molecule has 7 heteroatoms. The van der Waals surface area contributed by atoms with E-state index in [4.69, 9.17) is 0 Å². The monoisotopic (exact) mass is 313 g/mol. The van der Waals surface area contributed by atoms with E-state index in [0.29, 0.717) is 11.7 Å². The van der Waals surface area contributed by atoms with Gasteiger partial charge in [0.1, 0.15) is 5.69 Å². The van der Waals surface area contributed by atoms with E-state index in [-0.39, 0.29) is 18.3 Å². The zero-order chi connectivity index (χ0) is 13.9. The van der Waals surface area contributed by atoms with Gasteiger partial charge in [-0.15, -0.1) is 12.4 Å². The minimum absolute atomic E-state index is 0. The van der Waals surface area contributed by atoms with Gasteiger partial charge in [-0.2, -0.15) is 5.10 Å². The van der Waals surface area contributed by atoms with Crippen LogP contribution in [0.5, 0.6) is 0 Å². The maximum atomic E-state index is 12.4. The predicted molar refractivity (Wildman–Crippen MR) is 84.0 cm³/mol. The molecule has 21 heavy (non-hydrogen) atoms. The highest BCUT2D eigenvalue weighted by molar-refractivity contribution is 5.92. The number of likely N-dealkylation sites (N-methyl/N-ethyl adjacent to an activating group) is 1. The van der Waals surface area contributed by atoms with Crippen LogP contribution in [0.2, 0.25) is 0 Å². The Bertz CT molecular complexity index is 464. The molecule has 1 aromatic rings. The number of halogens is 1. The summed E-state index contributed by atoms with van der Waals surface area (Å²) in [4.78, 5) is 16.6. The Kier molecular flexibility index (Phi) is 5.61. The molecule has 6 nitrogen and oxygen atoms in total. The van der Waals surface area contributed by atoms with E-state index < -0.39 is 0 Å². The number of piperazine rings is 1. The molecule has 1 N–H and O–H groups in total. The molecule has 3 rings (SSSR count). The standard InChI is InChI=1S/C14H23N5O.ClH/c1-17-7-9-18(10-8-17)14(20)13-4-6-19(16-13)12-3-2-5-15-11-12;/h4,6,12,15H,2-3,5,7-11H2,1H3;1H. The third-order valence-corrected chi connectivity index (χ3v) is 4.26. The van der Waals surface area contributed by atoms with Crippen molar-refractivity contribution in [2.45, 2.75) is 18.9 Å². The Morgan fingerprint density at radius 2 is 2.10 bits per heavy atom. The molecule has 1 atom stereocenters. The highest BCUT2D eigenvalue weighted by Gasteiger charge is 2.23. The topological polar surface area (TPSA) is 53.4 Å². The number of carbonyl (C=O) groups is 1. The molecule has 2 aliphatic heterocycles. The van der Waals surface area contributed by atoms with Gasteiger partial charge in [0.05, 0.1) is 6.04 Å². The van der Waals surface area contributed by atoms with E-state index >= 15 is 0 Å². The second kappa shape index (κ2) is 7.24. The lowest BCUT2D eigenvalue weighted by Gasteiger charge is -2.31. The zero-order valence-electron chi connectivity index (χ0n) is 12.5. The Labute approximate surface area is 131 Å². The van der Waals surface area contributed by atoms with Crippen LogP contribution in [0, 0.1) is 0 Å². The minimum atomic E-state index is 0. The van der Waals surface area contributed by atoms with Crippen LogP contribution in [-0.2, 0) is 0 Å². The van der Waals surface area contributed by atoms with E-state index in [9.17, 15) is 4.79 Å². The molecule has 0 bridgehead atoms. The summed E-state index contributed by atoms with van der Waals surface area (Å²) < 4.78 is 1.95. The number of nitrogens with one attached hydrogen (secondary N) is 1. The van der Waals surface area contributed by atoms with Gasteiger partial charge in [-0.1, -0.05) is 0 Å². The maximum Gasteiger partial charge on any atom is 0.274 e. The smallest absolute Gasteiger partial charge is 0.274 e. The first-order valence-electron chi connectivity index (χ1n) is 7.48. The van der Waals surface area contributed by atoms with Gasteiger partial charge in [0.2, 0.25) is 0 Å². The average Bonchev–Trinajstić information content (AvgIpc) is 2.98. The van der Waals surface area contributed by atoms with Crippen LogP contribution in [0.4, 0.5) is 0 Å². The van der Waals surface area contributed by atoms with Crippen LogP contribution >= 0.6 is 12.4 Å². The number of carbonyl (C=O) groups excluding carboxylic acids is 1. The fraction of sp³-hybridized carbons (Fsp3) is 0.714. The largest absolute Gasteiger partial charge is 0.335 e. The second-order valence-corrected chi connectivity index (χ2v) is 5.78. The summed E-state index contributed by atoms with van der Waals surface area (Å²) in [7, 11) is 2.09. The number of nitrogens with zero attached hydrogens (tertiary/aromatic N) is 4. The number of hydrogen-bond acceptors (Lipinski definition) is 4. The molecule has 1 amide bonds. The predicted octanol–water partition coefficient (Wildman–Crippen LogP) is 0.617. The lowest BCUT2D eigenvalue weighted by molar-refractivity contribution is 0.0657. The molecule has 0 spiro atoms. The summed E-state index contributed by atoms with van der Waals surface area (Å²) in [6.45, 7) is 5.52. The van der Waals surface area contributed by atoms with Crippen molar-refractivity contribution in [1.29, 1.82) is 0 Å². The van der Waals surface area contributed by atoms with Crippen molar-refractivity contribution in [3.63, 3.8) is 0 Å². The van der Waals surface area contributed by atoms with Gasteiger partial charge >= 0.3 is 0 Å². The van der Waals surface area contributed by atoms with Crippen molar-refractivity contribution in [3.05, 3.63) is 18.0 Å². The molecule has 1 unspecified atom stereocenters. The maximum absolute atomic E-state index is 12.4. The van der Waals surface area contributed by atoms with Crippen molar-refractivity contribution in [1.82, 2.24) is 24.9 Å². The number of hydrogen-bond donors (Lipinski definition) is 1. The SMILES string of the molecule is CN1CCN(C(=O)c2ccn(C3CCCNC3)n2)CC1.Cl. The Balaban J connectivity index is 0.00000161. The Hall–Kier alpha value is -1.11. The van der Waals surface area contributed by atoms with E-state index in [0.717, 1.165) is 45.7 Å². The van der Waals surface area contributed by atoms with E-state index in [1.807, 2.05) is 21.8 Å². The molecule has 2 aliphatic rings. The van der Waals surface area contributed by atoms with Crippen molar-refractivity contribution >= 4 is 18.3 Å². The van der Waals surface area contributed by atoms with Crippen LogP contribution in [0.1, 0.15) is 29.4 Å². The number of aromatic nitrogens is 2. The van der Waals surface area contributed by atoms with Crippen molar-refractivity contribution in [3.8, 4) is 0 Å². The van der Waals surface area contributed by atoms with Gasteiger partial charge in [0.25, 0.3) is 5.91 Å². The average molecular weight is 314 g/mol. The number of amides is 1. The summed E-state index contributed by atoms with van der Waals surface area (Å²) in [5.74, 6) is 0.0700. The van der Waals surface area contributed by atoms with Crippen LogP contribution in [0.3, 0.4) is 0 Å². The molecule has 2 fully saturated rings. The van der Waals surface area contributed by atoms with Crippen LogP contribution in [0.15, 0.2) is 12.3 Å². The first-order valence-corrected chi connectivity index (χ1v) is 7.48. The molecule has 0 aromatic carbocycles. The summed E-state index contributed by atoms with van der Waals surface area (Å²) in [6.07, 6.45) is 4.25. The molecular weight excluding hydrogens is 290 g/mol. The van der Waals surface area contributed by atoms with Gasteiger partial charge in [-0.25, -0.2) is 0 Å². The van der Waals surface area contributed by atoms with Crippen LogP contribution in [-0.4, -0.2) is 71.8 Å². The van der Waals surface area contributed by atoms with Crippen molar-refractivity contribution in [2.24, 2.45) is 0 Å². The van der Waals surface area contributed by atoms with Crippen molar-refractivity contribution < 1.29 is 4.79 Å². The van der Waals surface area contributed by atoms with Gasteiger partial charge in [-0.3, -0.25) is 9.48 Å². The molecule has 3 heterocycles. The lowest BCUT2D eigenvalue weighted by atomic mass is 10.1. The molecule has 0 saturated carbocycles. The molecule has 1 aromatic heterocycles. The highest BCUT2D eigenvalue weighted by Crippen LogP contribution is 2.16. The molecule has 2 saturated heterocycles. The summed E-state index contributed by atoms with van der Waals surface area (Å²) in [5, 5.41) is 7.88. The highest BCUT2D eigenvalue weighted by atomic mass is 35.5. The fourth-order valence-corrected chi connectivity index (χ4v) is 2.89. The van der Waals surface area contributed by atoms with Gasteiger partial charge in [0.15, 0.2) is 0 Å². The Morgan fingerprint density at radius 3 is 2.76 bits per heavy atom. The van der Waals surface area contributed by atoms with Gasteiger partial charge < -0.3 is 15.1 Å². The van der Waals surface area contributed by atoms with E-state index in [2.05, 4.69) is 22.4 Å². The summed E-state index contributed by atoms with van der Waals surface area (Å²) in [5.41, 5.74) is 0.583. The third kappa shape index (κ3) is 3.75. The molecule has 0 aliphatic carbocycles. The Morgan fingerprint density at radius 1 is 1.33 bits per heavy atom. The third-order valence-electron chi connectivity index (χ3n) is 4.26. The van der Waals surface area contributed by atoms with E-state index in [1.165, 1.54) is 6.42 Å². The quantitative estimate of drug-likeness (QED) is 0.869. The van der Waals surface area contributed by atoms with Crippen LogP contribution in [0.25, 0.3) is 0 Å². The van der Waals surface area contributed by atoms with Gasteiger partial charge in [-0.05, 0) is 32.5 Å². The van der Waals surface area contributed by atoms with Gasteiger partial charge in [0, 0.05) is 38.9 Å². The lowest BCUT2D eigenvalue weighted by Crippen LogP contribution is -2.47. The second-order valence-electron chi connectivity index (χ2n) is 5.78. The first-order chi connectivity index (χ1) is 9.74. The summed E-state index contributed by atoms with van der Waals surface area (Å²) in [6, 6.07) is 2.24. The van der Waals surface area contributed by atoms with Crippen LogP contribution < -0.4 is 5.32 Å². The fourth-order valence-electron chi connectivity index (χ4n) is 2.89. The number of piperidine rings is 1.